The Kier molecular flexibility index (Phi) is 31.6. The lowest BCUT2D eigenvalue weighted by molar-refractivity contribution is 0.0126. The van der Waals surface area contributed by atoms with Crippen molar-refractivity contribution in [3.05, 3.63) is 362 Å². The number of hydrogen-bond donors (Lipinski definition) is 5. The number of anilines is 13. The molecule has 0 aliphatic carbocycles. The topological polar surface area (TPSA) is 357 Å². The Morgan fingerprint density at radius 2 is 0.924 bits per heavy atom. The van der Waals surface area contributed by atoms with Crippen LogP contribution in [0.15, 0.2) is 282 Å². The predicted molar refractivity (Wildman–Crippen MR) is 480 cm³/mol. The molecule has 0 aliphatic rings. The summed E-state index contributed by atoms with van der Waals surface area (Å²) in [4.78, 5) is 124. The Labute approximate surface area is 749 Å². The van der Waals surface area contributed by atoms with Crippen molar-refractivity contribution >= 4 is 103 Å². The summed E-state index contributed by atoms with van der Waals surface area (Å²) in [5, 5.41) is 13.2. The molecule has 0 saturated carbocycles. The van der Waals surface area contributed by atoms with E-state index >= 15 is 0 Å². The fraction of sp³-hybridized carbons (Fsp3) is 0.117. The summed E-state index contributed by atoms with van der Waals surface area (Å²) in [5.41, 5.74) is 8.05. The summed E-state index contributed by atoms with van der Waals surface area (Å²) in [6.07, 6.45) is 29.3. The van der Waals surface area contributed by atoms with Gasteiger partial charge in [0.1, 0.15) is 77.5 Å². The third kappa shape index (κ3) is 27.0. The molecule has 15 rings (SSSR count). The molecular formula is C94H80F7N23O7. The van der Waals surface area contributed by atoms with Crippen LogP contribution in [0, 0.1) is 55.3 Å². The van der Waals surface area contributed by atoms with E-state index in [0.29, 0.717) is 56.7 Å². The smallest absolute Gasteiger partial charge is 0.287 e. The lowest BCUT2D eigenvalue weighted by Crippen LogP contribution is -2.18. The lowest BCUT2D eigenvalue weighted by Gasteiger charge is -2.23. The second kappa shape index (κ2) is 45.4. The van der Waals surface area contributed by atoms with Gasteiger partial charge in [0.15, 0.2) is 28.9 Å². The van der Waals surface area contributed by atoms with Crippen molar-refractivity contribution in [2.24, 2.45) is 0 Å². The van der Waals surface area contributed by atoms with Crippen LogP contribution in [0.1, 0.15) is 98.5 Å². The van der Waals surface area contributed by atoms with Gasteiger partial charge in [-0.1, -0.05) is 36.3 Å². The first-order chi connectivity index (χ1) is 63.7. The predicted octanol–water partition coefficient (Wildman–Crippen LogP) is 18.3. The number of nitrogens with one attached hydrogen (secondary N) is 5. The molecule has 0 radical (unpaired) electrons. The molecule has 5 N–H and O–H groups in total. The maximum atomic E-state index is 14.2. The van der Waals surface area contributed by atoms with Crippen LogP contribution in [0.25, 0.3) is 0 Å². The Balaban J connectivity index is 0.000000160. The van der Waals surface area contributed by atoms with Gasteiger partial charge in [0, 0.05) is 127 Å². The van der Waals surface area contributed by atoms with Gasteiger partial charge in [0.2, 0.25) is 0 Å². The Hall–Kier alpha value is -17.5. The molecule has 0 spiro atoms. The number of halogens is 7. The number of carbonyl (C=O) groups excluding carboxylic acids is 5. The van der Waals surface area contributed by atoms with E-state index in [9.17, 15) is 54.7 Å². The first-order valence-electron chi connectivity index (χ1n) is 40.2. The molecule has 37 heteroatoms. The minimum absolute atomic E-state index is 0.0232. The highest BCUT2D eigenvalue weighted by Gasteiger charge is 2.28. The van der Waals surface area contributed by atoms with Crippen LogP contribution in [0.3, 0.4) is 0 Å². The molecule has 0 unspecified atom stereocenters. The molecule has 0 atom stereocenters. The monoisotopic (exact) mass is 1780 g/mol. The van der Waals surface area contributed by atoms with Crippen LogP contribution in [0.2, 0.25) is 0 Å². The fourth-order valence-electron chi connectivity index (χ4n) is 11.8. The van der Waals surface area contributed by atoms with Gasteiger partial charge in [0.25, 0.3) is 35.5 Å². The number of aryl methyl sites for hydroxylation is 2. The number of pyridine rings is 4. The number of benzene rings is 6. The molecule has 662 valence electrons. The molecule has 9 heterocycles. The molecule has 30 nitrogen and oxygen atoms in total. The van der Waals surface area contributed by atoms with Gasteiger partial charge < -0.3 is 55.7 Å². The van der Waals surface area contributed by atoms with Gasteiger partial charge >= 0.3 is 0 Å². The first kappa shape index (κ1) is 91.2. The Bertz CT molecular complexity index is 6610. The second-order valence-electron chi connectivity index (χ2n) is 27.6. The number of terminal acetylenes is 1. The van der Waals surface area contributed by atoms with Crippen LogP contribution in [-0.2, 0) is 5.92 Å². The highest BCUT2D eigenvalue weighted by Crippen LogP contribution is 2.35. The van der Waals surface area contributed by atoms with Crippen LogP contribution >= 0.6 is 0 Å². The summed E-state index contributed by atoms with van der Waals surface area (Å²) >= 11 is 0. The van der Waals surface area contributed by atoms with Gasteiger partial charge in [0.05, 0.1) is 105 Å². The number of amides is 5. The standard InChI is InChI=1S/C21H18N4O.C19H17F2N5O.2C18H15F2N5O.C18H15FN4O3/c1-3-16-7-5-8-17(11-16)21(26)24-18-9-6-10-19(12-18)25(4-2)20-13-22-15-23-14-20;1-19(20,21)17-8-4-7-16(25-17)18(27)24-13-5-3-6-14(9-13)26(2)15-10-22-12-23-11-15;1-11-3-5-15(20)17(23-11)18(26)24-12-4-6-14(19)16(7-12)25(2)13-8-21-10-22-9-13;1-11-4-3-5-15(23-11)18(26)24-12-6-14(19)17(20)16(7-12)25(2)13-8-21-10-22-9-13;1-2-25-14-3-4-22-17(8-14)18(24)23-13-5-12(19)6-15(7-13)26-16-9-20-11-21-10-16/h1,5-15H,4H2,2H3,(H,24,26);3-12H,1-2H3,(H,24,27);2*3-10H,1-2H3,(H,24,26);3-11H,2H2,1H3,(H,23,24)/i;;;;2D2. The van der Waals surface area contributed by atoms with E-state index in [-0.39, 0.29) is 62.9 Å². The Morgan fingerprint density at radius 1 is 0.427 bits per heavy atom. The van der Waals surface area contributed by atoms with Gasteiger partial charge in [-0.2, -0.15) is 8.78 Å². The van der Waals surface area contributed by atoms with E-state index < -0.39 is 70.9 Å². The molecular weight excluding hydrogens is 1700 g/mol. The first-order valence-corrected chi connectivity index (χ1v) is 39.2. The molecule has 6 aromatic carbocycles. The fourth-order valence-corrected chi connectivity index (χ4v) is 11.8. The maximum Gasteiger partial charge on any atom is 0.287 e. The van der Waals surface area contributed by atoms with Crippen molar-refractivity contribution in [3.8, 4) is 29.6 Å². The SMILES string of the molecule is C#Cc1cccc(C(=O)Nc2cccc(N(CC)c3cncnc3)c2)c1.CN(c1cncnc1)c1cccc(NC(=O)c2cccc(C(C)(F)F)n2)c1.Cc1ccc(F)c(C(=O)Nc2ccc(F)c(N(C)c3cncnc3)c2)n1.Cc1cccc(C(=O)Nc2cc(F)c(F)c(N(C)c3cncnc3)c2)n1.[2H]C([2H])(C)Oc1ccnc(C(=O)Nc2cc(F)cc(Oc3cncnc3)c2)c1. The molecule has 0 aliphatic heterocycles. The van der Waals surface area contributed by atoms with Crippen LogP contribution < -0.4 is 55.7 Å². The number of hydrogen-bond acceptors (Lipinski definition) is 25. The maximum absolute atomic E-state index is 14.2. The molecule has 131 heavy (non-hydrogen) atoms. The molecule has 9 aromatic heterocycles. The zero-order valence-corrected chi connectivity index (χ0v) is 70.9. The van der Waals surface area contributed by atoms with E-state index in [0.717, 1.165) is 54.4 Å². The van der Waals surface area contributed by atoms with Crippen LogP contribution in [-0.4, -0.2) is 134 Å². The Morgan fingerprint density at radius 3 is 1.53 bits per heavy atom. The van der Waals surface area contributed by atoms with Gasteiger partial charge in [-0.05, 0) is 155 Å². The number of aromatic nitrogens is 14. The van der Waals surface area contributed by atoms with Crippen molar-refractivity contribution in [3.63, 3.8) is 0 Å². The van der Waals surface area contributed by atoms with Crippen molar-refractivity contribution in [2.45, 2.75) is 40.5 Å². The number of carbonyl (C=O) groups is 5. The van der Waals surface area contributed by atoms with E-state index in [1.807, 2.05) is 49.2 Å². The molecule has 15 aromatic rings. The zero-order valence-electron chi connectivity index (χ0n) is 72.9. The average Bonchev–Trinajstić information content (AvgIpc) is 0.810. The van der Waals surface area contributed by atoms with E-state index in [1.165, 1.54) is 171 Å². The summed E-state index contributed by atoms with van der Waals surface area (Å²) in [7, 11) is 5.03. The summed E-state index contributed by atoms with van der Waals surface area (Å²) in [5.74, 6) is -6.56. The molecule has 0 saturated heterocycles. The molecule has 0 bridgehead atoms. The van der Waals surface area contributed by atoms with Crippen LogP contribution in [0.4, 0.5) is 105 Å². The van der Waals surface area contributed by atoms with E-state index in [4.69, 9.17) is 18.6 Å². The van der Waals surface area contributed by atoms with Crippen molar-refractivity contribution in [1.29, 1.82) is 0 Å². The zero-order chi connectivity index (χ0) is 95.3. The van der Waals surface area contributed by atoms with Gasteiger partial charge in [-0.15, -0.1) is 6.42 Å². The normalized spacial score (nSPS) is 10.8. The highest BCUT2D eigenvalue weighted by molar-refractivity contribution is 6.06. The van der Waals surface area contributed by atoms with Gasteiger partial charge in [-0.3, -0.25) is 29.0 Å². The second-order valence-corrected chi connectivity index (χ2v) is 27.6. The highest BCUT2D eigenvalue weighted by atomic mass is 19.3. The number of ether oxygens (including phenoxy) is 2. The number of nitrogens with zero attached hydrogens (tertiary/aromatic N) is 18. The van der Waals surface area contributed by atoms with E-state index in [2.05, 4.69) is 107 Å². The number of alkyl halides is 2. The van der Waals surface area contributed by atoms with Crippen molar-refractivity contribution in [1.82, 2.24) is 69.8 Å². The summed E-state index contributed by atoms with van der Waals surface area (Å²) < 4.78 is 122. The summed E-state index contributed by atoms with van der Waals surface area (Å²) in [6.45, 7) is 6.26. The average molecular weight is 1780 g/mol. The minimum Gasteiger partial charge on any atom is -0.494 e. The molecule has 5 amide bonds. The van der Waals surface area contributed by atoms with E-state index in [1.54, 1.807) is 107 Å². The third-order valence-corrected chi connectivity index (χ3v) is 18.2. The van der Waals surface area contributed by atoms with Crippen molar-refractivity contribution < 1.29 is 66.9 Å². The van der Waals surface area contributed by atoms with Gasteiger partial charge in [-0.25, -0.2) is 86.7 Å². The summed E-state index contributed by atoms with van der Waals surface area (Å²) in [6, 6.07) is 46.0. The quantitative estimate of drug-likeness (QED) is 0.0277. The number of rotatable bonds is 24. The largest absolute Gasteiger partial charge is 0.494 e. The molecule has 0 fully saturated rings. The third-order valence-electron chi connectivity index (χ3n) is 18.2. The van der Waals surface area contributed by atoms with Crippen LogP contribution in [0.5, 0.6) is 17.2 Å². The minimum atomic E-state index is -3.11. The van der Waals surface area contributed by atoms with Crippen molar-refractivity contribution in [2.75, 3.05) is 80.4 Å². The lowest BCUT2D eigenvalue weighted by atomic mass is 10.1.